The second-order valence-corrected chi connectivity index (χ2v) is 6.69. The minimum absolute atomic E-state index is 0.195. The minimum atomic E-state index is 0.195. The number of hydrogen-bond acceptors (Lipinski definition) is 2. The Morgan fingerprint density at radius 2 is 2.19 bits per heavy atom. The molecule has 0 saturated carbocycles. The summed E-state index contributed by atoms with van der Waals surface area (Å²) in [5.41, 5.74) is 5.84. The fourth-order valence-electron chi connectivity index (χ4n) is 3.17. The van der Waals surface area contributed by atoms with E-state index >= 15 is 0 Å². The number of aliphatic imine (C=N–C) groups is 1. The number of furan rings is 1. The Bertz CT molecular complexity index is 775. The molecule has 0 radical (unpaired) electrons. The van der Waals surface area contributed by atoms with Crippen molar-refractivity contribution in [3.8, 4) is 0 Å². The van der Waals surface area contributed by atoms with Gasteiger partial charge in [-0.1, -0.05) is 23.7 Å². The highest BCUT2D eigenvalue weighted by Gasteiger charge is 2.31. The zero-order valence-electron chi connectivity index (χ0n) is 11.3. The fraction of sp³-hybridized carbons (Fsp3) is 0.235. The molecule has 1 aromatic heterocycles. The molecule has 4 heteroatoms. The van der Waals surface area contributed by atoms with E-state index in [0.29, 0.717) is 0 Å². The average Bonchev–Trinajstić information content (AvgIpc) is 2.95. The third-order valence-corrected chi connectivity index (χ3v) is 5.35. The van der Waals surface area contributed by atoms with E-state index < -0.39 is 0 Å². The lowest BCUT2D eigenvalue weighted by Gasteiger charge is -2.28. The van der Waals surface area contributed by atoms with Gasteiger partial charge >= 0.3 is 0 Å². The Kier molecular flexibility index (Phi) is 3.27. The van der Waals surface area contributed by atoms with Crippen LogP contribution in [0.4, 0.5) is 5.69 Å². The lowest BCUT2D eigenvalue weighted by atomic mass is 9.78. The molecule has 0 amide bonds. The summed E-state index contributed by atoms with van der Waals surface area (Å²) in [6, 6.07) is 6.13. The Morgan fingerprint density at radius 1 is 1.29 bits per heavy atom. The van der Waals surface area contributed by atoms with Gasteiger partial charge in [0.15, 0.2) is 0 Å². The van der Waals surface area contributed by atoms with Crippen molar-refractivity contribution in [3.63, 3.8) is 0 Å². The number of rotatable bonds is 1. The molecule has 0 fully saturated rings. The van der Waals surface area contributed by atoms with Gasteiger partial charge < -0.3 is 4.42 Å². The van der Waals surface area contributed by atoms with Gasteiger partial charge in [0.1, 0.15) is 12.0 Å². The number of hydrogen-bond donors (Lipinski definition) is 0. The fourth-order valence-corrected chi connectivity index (χ4v) is 3.68. The van der Waals surface area contributed by atoms with Crippen LogP contribution in [0.2, 0.25) is 5.02 Å². The van der Waals surface area contributed by atoms with Crippen LogP contribution >= 0.6 is 27.5 Å². The highest BCUT2D eigenvalue weighted by molar-refractivity contribution is 9.10. The molecule has 1 aliphatic carbocycles. The van der Waals surface area contributed by atoms with Crippen molar-refractivity contribution in [1.29, 1.82) is 0 Å². The molecular formula is C17H13BrClNO. The lowest BCUT2D eigenvalue weighted by Crippen LogP contribution is -2.19. The van der Waals surface area contributed by atoms with E-state index in [1.807, 2.05) is 12.3 Å². The van der Waals surface area contributed by atoms with E-state index in [1.165, 1.54) is 23.3 Å². The summed E-state index contributed by atoms with van der Waals surface area (Å²) in [5.74, 6) is 0.195. The van der Waals surface area contributed by atoms with Gasteiger partial charge in [-0.25, -0.2) is 4.99 Å². The minimum Gasteiger partial charge on any atom is -0.470 e. The van der Waals surface area contributed by atoms with E-state index in [-0.39, 0.29) is 5.92 Å². The Labute approximate surface area is 136 Å². The summed E-state index contributed by atoms with van der Waals surface area (Å²) in [7, 11) is 0. The molecule has 2 heterocycles. The SMILES string of the molecule is Clc1ccc(C2C3=CCCCC3=Nc3cocc32)cc1Br. The number of fused-ring (bicyclic) bond motifs is 2. The van der Waals surface area contributed by atoms with Gasteiger partial charge in [0.2, 0.25) is 0 Å². The van der Waals surface area contributed by atoms with Gasteiger partial charge in [-0.15, -0.1) is 0 Å². The van der Waals surface area contributed by atoms with Gasteiger partial charge in [0.25, 0.3) is 0 Å². The first-order valence-corrected chi connectivity index (χ1v) is 8.20. The molecule has 2 nitrogen and oxygen atoms in total. The number of allylic oxidation sites excluding steroid dienone is 2. The maximum atomic E-state index is 6.13. The van der Waals surface area contributed by atoms with Crippen molar-refractivity contribution in [2.24, 2.45) is 4.99 Å². The van der Waals surface area contributed by atoms with Crippen LogP contribution in [-0.2, 0) is 0 Å². The summed E-state index contributed by atoms with van der Waals surface area (Å²) in [6.45, 7) is 0. The van der Waals surface area contributed by atoms with Crippen LogP contribution < -0.4 is 0 Å². The van der Waals surface area contributed by atoms with E-state index in [1.54, 1.807) is 6.26 Å². The standard InChI is InChI=1S/C17H13BrClNO/c18-13-7-10(5-6-14(13)19)17-11-3-1-2-4-15(11)20-16-9-21-8-12(16)17/h3,5-9,17H,1-2,4H2. The van der Waals surface area contributed by atoms with E-state index in [0.717, 1.165) is 33.6 Å². The molecule has 0 bridgehead atoms. The second-order valence-electron chi connectivity index (χ2n) is 5.43. The molecule has 2 aromatic rings. The molecule has 1 aliphatic heterocycles. The number of nitrogens with zero attached hydrogens (tertiary/aromatic N) is 1. The third-order valence-electron chi connectivity index (χ3n) is 4.14. The van der Waals surface area contributed by atoms with Gasteiger partial charge in [-0.05, 0) is 58.5 Å². The molecule has 0 N–H and O–H groups in total. The van der Waals surface area contributed by atoms with Gasteiger partial charge in [-0.2, -0.15) is 0 Å². The van der Waals surface area contributed by atoms with Gasteiger partial charge in [-0.3, -0.25) is 0 Å². The quantitative estimate of drug-likeness (QED) is 0.608. The summed E-state index contributed by atoms with van der Waals surface area (Å²) in [4.78, 5) is 4.76. The molecule has 21 heavy (non-hydrogen) atoms. The molecular weight excluding hydrogens is 350 g/mol. The van der Waals surface area contributed by atoms with Crippen molar-refractivity contribution in [1.82, 2.24) is 0 Å². The first-order chi connectivity index (χ1) is 10.2. The van der Waals surface area contributed by atoms with Crippen molar-refractivity contribution < 1.29 is 4.42 Å². The molecule has 1 atom stereocenters. The van der Waals surface area contributed by atoms with Gasteiger partial charge in [0, 0.05) is 21.7 Å². The van der Waals surface area contributed by atoms with Crippen LogP contribution in [0.15, 0.2) is 56.3 Å². The number of halogens is 2. The first-order valence-electron chi connectivity index (χ1n) is 7.03. The lowest BCUT2D eigenvalue weighted by molar-refractivity contribution is 0.564. The van der Waals surface area contributed by atoms with Crippen LogP contribution in [0, 0.1) is 0 Å². The summed E-state index contributed by atoms with van der Waals surface area (Å²) in [5, 5.41) is 0.730. The molecule has 2 aliphatic rings. The normalized spacial score (nSPS) is 20.4. The summed E-state index contributed by atoms with van der Waals surface area (Å²) < 4.78 is 6.33. The van der Waals surface area contributed by atoms with Gasteiger partial charge in [0.05, 0.1) is 11.3 Å². The predicted molar refractivity (Wildman–Crippen MR) is 88.7 cm³/mol. The van der Waals surface area contributed by atoms with Crippen LogP contribution in [0.3, 0.4) is 0 Å². The monoisotopic (exact) mass is 361 g/mol. The predicted octanol–water partition coefficient (Wildman–Crippen LogP) is 6.02. The topological polar surface area (TPSA) is 25.5 Å². The molecule has 1 aromatic carbocycles. The van der Waals surface area contributed by atoms with E-state index in [2.05, 4.69) is 34.1 Å². The molecule has 1 unspecified atom stereocenters. The molecule has 0 saturated heterocycles. The molecule has 0 spiro atoms. The van der Waals surface area contributed by atoms with Crippen molar-refractivity contribution in [2.75, 3.05) is 0 Å². The first kappa shape index (κ1) is 13.4. The van der Waals surface area contributed by atoms with Crippen LogP contribution in [0.5, 0.6) is 0 Å². The Balaban J connectivity index is 1.91. The summed E-state index contributed by atoms with van der Waals surface area (Å²) >= 11 is 9.66. The maximum Gasteiger partial charge on any atom is 0.116 e. The summed E-state index contributed by atoms with van der Waals surface area (Å²) in [6.07, 6.45) is 9.22. The smallest absolute Gasteiger partial charge is 0.116 e. The average molecular weight is 363 g/mol. The maximum absolute atomic E-state index is 6.13. The van der Waals surface area contributed by atoms with Crippen molar-refractivity contribution in [2.45, 2.75) is 25.2 Å². The van der Waals surface area contributed by atoms with Crippen LogP contribution in [-0.4, -0.2) is 5.71 Å². The highest BCUT2D eigenvalue weighted by Crippen LogP contribution is 2.45. The molecule has 106 valence electrons. The van der Waals surface area contributed by atoms with Crippen molar-refractivity contribution >= 4 is 38.9 Å². The number of benzene rings is 1. The van der Waals surface area contributed by atoms with Crippen LogP contribution in [0.1, 0.15) is 36.3 Å². The van der Waals surface area contributed by atoms with Crippen molar-refractivity contribution in [3.05, 3.63) is 63.0 Å². The Hall–Kier alpha value is -1.32. The van der Waals surface area contributed by atoms with E-state index in [4.69, 9.17) is 21.0 Å². The third kappa shape index (κ3) is 2.19. The van der Waals surface area contributed by atoms with Crippen LogP contribution in [0.25, 0.3) is 0 Å². The van der Waals surface area contributed by atoms with E-state index in [9.17, 15) is 0 Å². The second kappa shape index (κ2) is 5.15. The largest absolute Gasteiger partial charge is 0.470 e. The molecule has 4 rings (SSSR count). The zero-order chi connectivity index (χ0) is 14.4. The highest BCUT2D eigenvalue weighted by atomic mass is 79.9. The zero-order valence-corrected chi connectivity index (χ0v) is 13.6. The Morgan fingerprint density at radius 3 is 3.05 bits per heavy atom.